The second-order valence-electron chi connectivity index (χ2n) is 8.14. The van der Waals surface area contributed by atoms with Crippen LogP contribution in [0.2, 0.25) is 0 Å². The summed E-state index contributed by atoms with van der Waals surface area (Å²) in [5, 5.41) is 0. The molecule has 2 fully saturated rings. The van der Waals surface area contributed by atoms with Crippen molar-refractivity contribution in [2.45, 2.75) is 32.5 Å². The second-order valence-corrected chi connectivity index (χ2v) is 8.14. The highest BCUT2D eigenvalue weighted by Crippen LogP contribution is 2.37. The Morgan fingerprint density at radius 2 is 1.59 bits per heavy atom. The number of amides is 3. The van der Waals surface area contributed by atoms with Crippen molar-refractivity contribution in [1.29, 1.82) is 0 Å². The molecule has 0 aliphatic carbocycles. The van der Waals surface area contributed by atoms with Gasteiger partial charge in [-0.15, -0.1) is 0 Å². The molecule has 2 saturated heterocycles. The van der Waals surface area contributed by atoms with Gasteiger partial charge in [0.05, 0.1) is 29.8 Å². The Kier molecular flexibility index (Phi) is 4.31. The number of hydrogen-bond acceptors (Lipinski definition) is 5. The number of carbonyl (C=O) groups excluding carboxylic acids is 3. The molecule has 1 aromatic carbocycles. The van der Waals surface area contributed by atoms with Gasteiger partial charge in [-0.3, -0.25) is 19.3 Å². The predicted molar refractivity (Wildman–Crippen MR) is 96.0 cm³/mol. The summed E-state index contributed by atoms with van der Waals surface area (Å²) in [4.78, 5) is 40.1. The van der Waals surface area contributed by atoms with Gasteiger partial charge >= 0.3 is 0 Å². The van der Waals surface area contributed by atoms with Crippen molar-refractivity contribution in [1.82, 2.24) is 9.80 Å². The molecule has 3 aliphatic rings. The molecule has 3 heterocycles. The minimum Gasteiger partial charge on any atom is -0.350 e. The fourth-order valence-electron chi connectivity index (χ4n) is 3.85. The highest BCUT2D eigenvalue weighted by atomic mass is 16.7. The molecule has 1 aromatic rings. The second kappa shape index (κ2) is 6.42. The molecule has 7 nitrogen and oxygen atoms in total. The lowest BCUT2D eigenvalue weighted by atomic mass is 9.80. The third-order valence-electron chi connectivity index (χ3n) is 5.51. The number of imide groups is 1. The molecule has 27 heavy (non-hydrogen) atoms. The summed E-state index contributed by atoms with van der Waals surface area (Å²) in [6.45, 7) is 6.50. The van der Waals surface area contributed by atoms with E-state index in [1.54, 1.807) is 29.2 Å². The Morgan fingerprint density at radius 1 is 1.04 bits per heavy atom. The first-order chi connectivity index (χ1) is 12.8. The lowest BCUT2D eigenvalue weighted by molar-refractivity contribution is -0.302. The number of rotatable bonds is 4. The van der Waals surface area contributed by atoms with Crippen LogP contribution in [-0.4, -0.2) is 66.2 Å². The van der Waals surface area contributed by atoms with E-state index in [1.165, 1.54) is 4.90 Å². The molecule has 0 N–H and O–H groups in total. The van der Waals surface area contributed by atoms with Gasteiger partial charge in [-0.25, -0.2) is 0 Å². The first-order valence-electron chi connectivity index (χ1n) is 9.31. The zero-order valence-corrected chi connectivity index (χ0v) is 15.7. The van der Waals surface area contributed by atoms with Gasteiger partial charge in [0.1, 0.15) is 0 Å². The van der Waals surface area contributed by atoms with E-state index in [-0.39, 0.29) is 29.7 Å². The Balaban J connectivity index is 1.24. The van der Waals surface area contributed by atoms with Crippen LogP contribution < -0.4 is 0 Å². The van der Waals surface area contributed by atoms with Crippen molar-refractivity contribution in [3.05, 3.63) is 35.4 Å². The van der Waals surface area contributed by atoms with Crippen LogP contribution in [0, 0.1) is 5.41 Å². The van der Waals surface area contributed by atoms with E-state index in [0.29, 0.717) is 50.3 Å². The van der Waals surface area contributed by atoms with Crippen molar-refractivity contribution in [3.8, 4) is 0 Å². The maximum absolute atomic E-state index is 12.4. The smallest absolute Gasteiger partial charge is 0.261 e. The van der Waals surface area contributed by atoms with Crippen LogP contribution in [-0.2, 0) is 14.3 Å². The number of nitrogens with zero attached hydrogens (tertiary/aromatic N) is 2. The molecule has 0 atom stereocenters. The number of fused-ring (bicyclic) bond motifs is 1. The summed E-state index contributed by atoms with van der Waals surface area (Å²) >= 11 is 0. The minimum atomic E-state index is -0.554. The van der Waals surface area contributed by atoms with Gasteiger partial charge < -0.3 is 14.4 Å². The number of benzene rings is 1. The zero-order chi connectivity index (χ0) is 19.2. The molecule has 7 heteroatoms. The lowest BCUT2D eigenvalue weighted by Crippen LogP contribution is -2.65. The molecular weight excluding hydrogens is 348 g/mol. The summed E-state index contributed by atoms with van der Waals surface area (Å²) in [7, 11) is 0. The Labute approximate surface area is 158 Å². The van der Waals surface area contributed by atoms with Crippen LogP contribution >= 0.6 is 0 Å². The topological polar surface area (TPSA) is 76.2 Å². The maximum atomic E-state index is 12.4. The SMILES string of the molecule is CC1(C)OCC2(CO1)CN(C(=O)CCCN1C(=O)c3ccccc3C1=O)C2. The van der Waals surface area contributed by atoms with Gasteiger partial charge in [0, 0.05) is 26.1 Å². The number of likely N-dealkylation sites (tertiary alicyclic amines) is 1. The monoisotopic (exact) mass is 372 g/mol. The predicted octanol–water partition coefficient (Wildman–Crippen LogP) is 1.67. The van der Waals surface area contributed by atoms with Crippen LogP contribution in [0.1, 0.15) is 47.4 Å². The minimum absolute atomic E-state index is 0.0436. The normalized spacial score (nSPS) is 22.7. The molecule has 0 aromatic heterocycles. The van der Waals surface area contributed by atoms with Crippen molar-refractivity contribution in [3.63, 3.8) is 0 Å². The highest BCUT2D eigenvalue weighted by Gasteiger charge is 2.49. The van der Waals surface area contributed by atoms with Gasteiger partial charge in [-0.2, -0.15) is 0 Å². The summed E-state index contributed by atoms with van der Waals surface area (Å²) in [6, 6.07) is 6.82. The van der Waals surface area contributed by atoms with Crippen molar-refractivity contribution in [2.75, 3.05) is 32.8 Å². The first-order valence-corrected chi connectivity index (χ1v) is 9.31. The maximum Gasteiger partial charge on any atom is 0.261 e. The molecule has 144 valence electrons. The molecular formula is C20H24N2O5. The van der Waals surface area contributed by atoms with E-state index in [2.05, 4.69) is 0 Å². The highest BCUT2D eigenvalue weighted by molar-refractivity contribution is 6.21. The third-order valence-corrected chi connectivity index (χ3v) is 5.51. The van der Waals surface area contributed by atoms with Crippen molar-refractivity contribution >= 4 is 17.7 Å². The van der Waals surface area contributed by atoms with Gasteiger partial charge in [-0.05, 0) is 32.4 Å². The van der Waals surface area contributed by atoms with E-state index in [1.807, 2.05) is 13.8 Å². The molecule has 0 saturated carbocycles. The number of carbonyl (C=O) groups is 3. The van der Waals surface area contributed by atoms with Gasteiger partial charge in [-0.1, -0.05) is 12.1 Å². The largest absolute Gasteiger partial charge is 0.350 e. The fraction of sp³-hybridized carbons (Fsp3) is 0.550. The molecule has 3 aliphatic heterocycles. The number of ether oxygens (including phenoxy) is 2. The standard InChI is InChI=1S/C20H24N2O5/c1-19(2)26-12-20(13-27-19)10-21(11-20)16(23)8-5-9-22-17(24)14-6-3-4-7-15(14)18(22)25/h3-4,6-7H,5,8-13H2,1-2H3. The molecule has 3 amide bonds. The Bertz CT molecular complexity index is 750. The molecule has 0 radical (unpaired) electrons. The van der Waals surface area contributed by atoms with Crippen LogP contribution in [0.25, 0.3) is 0 Å². The number of hydrogen-bond donors (Lipinski definition) is 0. The molecule has 0 bridgehead atoms. The quantitative estimate of drug-likeness (QED) is 0.752. The summed E-state index contributed by atoms with van der Waals surface area (Å²) in [5.74, 6) is -1.06. The lowest BCUT2D eigenvalue weighted by Gasteiger charge is -2.54. The third kappa shape index (κ3) is 3.26. The van der Waals surface area contributed by atoms with E-state index in [9.17, 15) is 14.4 Å². The Hall–Kier alpha value is -2.25. The van der Waals surface area contributed by atoms with E-state index >= 15 is 0 Å². The first kappa shape index (κ1) is 18.1. The Morgan fingerprint density at radius 3 is 2.15 bits per heavy atom. The van der Waals surface area contributed by atoms with Gasteiger partial charge in [0.15, 0.2) is 5.79 Å². The molecule has 0 unspecified atom stereocenters. The summed E-state index contributed by atoms with van der Waals surface area (Å²) in [6.07, 6.45) is 0.782. The van der Waals surface area contributed by atoms with Crippen LogP contribution in [0.4, 0.5) is 0 Å². The van der Waals surface area contributed by atoms with Crippen LogP contribution in [0.5, 0.6) is 0 Å². The van der Waals surface area contributed by atoms with Gasteiger partial charge in [0.2, 0.25) is 5.91 Å². The van der Waals surface area contributed by atoms with Crippen molar-refractivity contribution < 1.29 is 23.9 Å². The average molecular weight is 372 g/mol. The van der Waals surface area contributed by atoms with E-state index < -0.39 is 5.79 Å². The summed E-state index contributed by atoms with van der Waals surface area (Å²) < 4.78 is 11.4. The average Bonchev–Trinajstić information content (AvgIpc) is 2.85. The van der Waals surface area contributed by atoms with Crippen LogP contribution in [0.15, 0.2) is 24.3 Å². The molecule has 4 rings (SSSR count). The van der Waals surface area contributed by atoms with Gasteiger partial charge in [0.25, 0.3) is 11.8 Å². The zero-order valence-electron chi connectivity index (χ0n) is 15.7. The van der Waals surface area contributed by atoms with E-state index in [0.717, 1.165) is 0 Å². The summed E-state index contributed by atoms with van der Waals surface area (Å²) in [5.41, 5.74) is 0.797. The molecule has 1 spiro atoms. The fourth-order valence-corrected chi connectivity index (χ4v) is 3.85. The van der Waals surface area contributed by atoms with E-state index in [4.69, 9.17) is 9.47 Å². The van der Waals surface area contributed by atoms with Crippen molar-refractivity contribution in [2.24, 2.45) is 5.41 Å². The van der Waals surface area contributed by atoms with Crippen LogP contribution in [0.3, 0.4) is 0 Å².